The number of carboxylic acids is 1. The molecule has 0 radical (unpaired) electrons. The third-order valence-electron chi connectivity index (χ3n) is 2.66. The fourth-order valence-electron chi connectivity index (χ4n) is 1.61. The molecule has 0 fully saturated rings. The first-order valence-electron chi connectivity index (χ1n) is 5.50. The number of hydrogen-bond acceptors (Lipinski definition) is 3. The maximum absolute atomic E-state index is 12.0. The number of hydrogen-bond donors (Lipinski definition) is 2. The number of carboxylic acid groups (broad SMARTS) is 1. The van der Waals surface area contributed by atoms with Crippen LogP contribution in [0.4, 0.5) is 0 Å². The molecule has 1 rings (SSSR count). The SMILES string of the molecule is Cc1ccc(C)c(C(=O)C(N)CCC(=O)O)c1. The van der Waals surface area contributed by atoms with Crippen molar-refractivity contribution in [3.63, 3.8) is 0 Å². The summed E-state index contributed by atoms with van der Waals surface area (Å²) in [6.07, 6.45) is 0.0827. The van der Waals surface area contributed by atoms with Crippen LogP contribution in [0.1, 0.15) is 34.3 Å². The molecule has 17 heavy (non-hydrogen) atoms. The number of rotatable bonds is 5. The van der Waals surface area contributed by atoms with Crippen molar-refractivity contribution in [2.24, 2.45) is 5.73 Å². The minimum absolute atomic E-state index is 0.0855. The van der Waals surface area contributed by atoms with E-state index in [0.717, 1.165) is 11.1 Å². The van der Waals surface area contributed by atoms with E-state index >= 15 is 0 Å². The van der Waals surface area contributed by atoms with Crippen molar-refractivity contribution >= 4 is 11.8 Å². The fraction of sp³-hybridized carbons (Fsp3) is 0.385. The maximum Gasteiger partial charge on any atom is 0.303 e. The van der Waals surface area contributed by atoms with Crippen LogP contribution in [-0.2, 0) is 4.79 Å². The van der Waals surface area contributed by atoms with Gasteiger partial charge in [-0.3, -0.25) is 9.59 Å². The Bertz CT molecular complexity index is 440. The van der Waals surface area contributed by atoms with Gasteiger partial charge in [0.05, 0.1) is 6.04 Å². The molecule has 0 heterocycles. The van der Waals surface area contributed by atoms with E-state index in [-0.39, 0.29) is 18.6 Å². The van der Waals surface area contributed by atoms with Crippen molar-refractivity contribution in [3.05, 3.63) is 34.9 Å². The molecule has 0 bridgehead atoms. The van der Waals surface area contributed by atoms with Crippen molar-refractivity contribution in [1.82, 2.24) is 0 Å². The van der Waals surface area contributed by atoms with E-state index in [1.165, 1.54) is 0 Å². The molecule has 1 aromatic carbocycles. The van der Waals surface area contributed by atoms with E-state index in [0.29, 0.717) is 5.56 Å². The fourth-order valence-corrected chi connectivity index (χ4v) is 1.61. The molecular weight excluding hydrogens is 218 g/mol. The van der Waals surface area contributed by atoms with Gasteiger partial charge in [0.2, 0.25) is 0 Å². The number of ketones is 1. The van der Waals surface area contributed by atoms with Gasteiger partial charge in [-0.1, -0.05) is 17.7 Å². The molecule has 0 saturated heterocycles. The summed E-state index contributed by atoms with van der Waals surface area (Å²) in [5, 5.41) is 8.55. The van der Waals surface area contributed by atoms with Crippen LogP contribution in [0.3, 0.4) is 0 Å². The Morgan fingerprint density at radius 2 is 2.00 bits per heavy atom. The molecule has 1 unspecified atom stereocenters. The quantitative estimate of drug-likeness (QED) is 0.761. The molecule has 4 nitrogen and oxygen atoms in total. The van der Waals surface area contributed by atoms with Crippen LogP contribution in [0.15, 0.2) is 18.2 Å². The van der Waals surface area contributed by atoms with Crippen LogP contribution in [0.2, 0.25) is 0 Å². The van der Waals surface area contributed by atoms with Crippen LogP contribution in [0.5, 0.6) is 0 Å². The first-order chi connectivity index (χ1) is 7.91. The van der Waals surface area contributed by atoms with Gasteiger partial charge in [-0.25, -0.2) is 0 Å². The minimum atomic E-state index is -0.936. The van der Waals surface area contributed by atoms with E-state index in [1.807, 2.05) is 26.0 Å². The molecule has 1 aromatic rings. The van der Waals surface area contributed by atoms with Gasteiger partial charge in [0, 0.05) is 12.0 Å². The average Bonchev–Trinajstić information content (AvgIpc) is 2.28. The summed E-state index contributed by atoms with van der Waals surface area (Å²) < 4.78 is 0. The second-order valence-electron chi connectivity index (χ2n) is 4.22. The summed E-state index contributed by atoms with van der Waals surface area (Å²) in [4.78, 5) is 22.4. The van der Waals surface area contributed by atoms with Crippen molar-refractivity contribution in [1.29, 1.82) is 0 Å². The van der Waals surface area contributed by atoms with Gasteiger partial charge >= 0.3 is 5.97 Å². The van der Waals surface area contributed by atoms with E-state index < -0.39 is 12.0 Å². The summed E-state index contributed by atoms with van der Waals surface area (Å²) in [6.45, 7) is 3.75. The zero-order chi connectivity index (χ0) is 13.0. The van der Waals surface area contributed by atoms with Crippen molar-refractivity contribution < 1.29 is 14.7 Å². The van der Waals surface area contributed by atoms with Crippen molar-refractivity contribution in [2.45, 2.75) is 32.7 Å². The van der Waals surface area contributed by atoms with E-state index in [2.05, 4.69) is 0 Å². The minimum Gasteiger partial charge on any atom is -0.481 e. The molecule has 0 aliphatic carbocycles. The Labute approximate surface area is 100 Å². The van der Waals surface area contributed by atoms with Crippen LogP contribution >= 0.6 is 0 Å². The molecule has 0 spiro atoms. The lowest BCUT2D eigenvalue weighted by atomic mass is 9.96. The first-order valence-corrected chi connectivity index (χ1v) is 5.50. The Hall–Kier alpha value is -1.68. The smallest absolute Gasteiger partial charge is 0.303 e. The van der Waals surface area contributed by atoms with Gasteiger partial charge in [-0.15, -0.1) is 0 Å². The number of nitrogens with two attached hydrogens (primary N) is 1. The second kappa shape index (κ2) is 5.59. The molecule has 0 aliphatic heterocycles. The number of benzene rings is 1. The van der Waals surface area contributed by atoms with Gasteiger partial charge in [0.15, 0.2) is 5.78 Å². The Morgan fingerprint density at radius 3 is 2.59 bits per heavy atom. The van der Waals surface area contributed by atoms with Gasteiger partial charge in [-0.05, 0) is 31.9 Å². The standard InChI is InChI=1S/C13H17NO3/c1-8-3-4-9(2)10(7-8)13(17)11(14)5-6-12(15)16/h3-4,7,11H,5-6,14H2,1-2H3,(H,15,16). The highest BCUT2D eigenvalue weighted by atomic mass is 16.4. The normalized spacial score (nSPS) is 12.2. The van der Waals surface area contributed by atoms with Crippen LogP contribution in [0, 0.1) is 13.8 Å². The zero-order valence-corrected chi connectivity index (χ0v) is 10.1. The maximum atomic E-state index is 12.0. The van der Waals surface area contributed by atoms with E-state index in [4.69, 9.17) is 10.8 Å². The van der Waals surface area contributed by atoms with Crippen LogP contribution in [0.25, 0.3) is 0 Å². The third-order valence-corrected chi connectivity index (χ3v) is 2.66. The van der Waals surface area contributed by atoms with Crippen molar-refractivity contribution in [2.75, 3.05) is 0 Å². The average molecular weight is 235 g/mol. The lowest BCUT2D eigenvalue weighted by molar-refractivity contribution is -0.137. The molecular formula is C13H17NO3. The molecule has 0 amide bonds. The number of carbonyl (C=O) groups is 2. The Kier molecular flexibility index (Phi) is 4.40. The predicted octanol–water partition coefficient (Wildman–Crippen LogP) is 1.68. The lowest BCUT2D eigenvalue weighted by Crippen LogP contribution is -2.31. The van der Waals surface area contributed by atoms with Crippen molar-refractivity contribution in [3.8, 4) is 0 Å². The number of aryl methyl sites for hydroxylation is 2. The molecule has 92 valence electrons. The zero-order valence-electron chi connectivity index (χ0n) is 10.1. The van der Waals surface area contributed by atoms with Crippen LogP contribution < -0.4 is 5.73 Å². The topological polar surface area (TPSA) is 80.4 Å². The number of carbonyl (C=O) groups excluding carboxylic acids is 1. The summed E-state index contributed by atoms with van der Waals surface area (Å²) in [5.74, 6) is -1.12. The highest BCUT2D eigenvalue weighted by Crippen LogP contribution is 2.14. The lowest BCUT2D eigenvalue weighted by Gasteiger charge is -2.12. The molecule has 0 aliphatic rings. The third kappa shape index (κ3) is 3.67. The summed E-state index contributed by atoms with van der Waals surface area (Å²) in [5.41, 5.74) is 8.15. The largest absolute Gasteiger partial charge is 0.481 e. The predicted molar refractivity (Wildman–Crippen MR) is 65.1 cm³/mol. The highest BCUT2D eigenvalue weighted by Gasteiger charge is 2.18. The summed E-state index contributed by atoms with van der Waals surface area (Å²) in [6, 6.07) is 4.84. The molecule has 4 heteroatoms. The van der Waals surface area contributed by atoms with Gasteiger partial charge in [0.25, 0.3) is 0 Å². The molecule has 0 saturated carbocycles. The summed E-state index contributed by atoms with van der Waals surface area (Å²) in [7, 11) is 0. The van der Waals surface area contributed by atoms with E-state index in [9.17, 15) is 9.59 Å². The molecule has 3 N–H and O–H groups in total. The first kappa shape index (κ1) is 13.4. The number of aliphatic carboxylic acids is 1. The second-order valence-corrected chi connectivity index (χ2v) is 4.22. The van der Waals surface area contributed by atoms with Gasteiger partial charge < -0.3 is 10.8 Å². The van der Waals surface area contributed by atoms with Crippen LogP contribution in [-0.4, -0.2) is 22.9 Å². The summed E-state index contributed by atoms with van der Waals surface area (Å²) >= 11 is 0. The monoisotopic (exact) mass is 235 g/mol. The number of Topliss-reactive ketones (excluding diaryl/α,β-unsaturated/α-hetero) is 1. The molecule has 1 atom stereocenters. The Balaban J connectivity index is 2.81. The Morgan fingerprint density at radius 1 is 1.35 bits per heavy atom. The molecule has 0 aromatic heterocycles. The van der Waals surface area contributed by atoms with Gasteiger partial charge in [0.1, 0.15) is 0 Å². The highest BCUT2D eigenvalue weighted by molar-refractivity contribution is 6.01. The van der Waals surface area contributed by atoms with Gasteiger partial charge in [-0.2, -0.15) is 0 Å². The van der Waals surface area contributed by atoms with E-state index in [1.54, 1.807) is 6.07 Å².